The second kappa shape index (κ2) is 6.69. The highest BCUT2D eigenvalue weighted by atomic mass is 16.3. The van der Waals surface area contributed by atoms with E-state index in [0.29, 0.717) is 0 Å². The number of hydrogen-bond acceptors (Lipinski definition) is 6. The zero-order chi connectivity index (χ0) is 17.0. The molecule has 0 heterocycles. The normalized spacial score (nSPS) is 10.7. The number of anilines is 1. The van der Waals surface area contributed by atoms with Crippen LogP contribution in [0.4, 0.5) is 5.69 Å². The number of rotatable bonds is 4. The smallest absolute Gasteiger partial charge is 0.271 e. The van der Waals surface area contributed by atoms with Gasteiger partial charge in [-0.25, -0.2) is 5.43 Å². The molecule has 2 rings (SSSR count). The van der Waals surface area contributed by atoms with Crippen LogP contribution >= 0.6 is 0 Å². The van der Waals surface area contributed by atoms with Gasteiger partial charge in [-0.3, -0.25) is 4.79 Å². The molecule has 0 aromatic heterocycles. The summed E-state index contributed by atoms with van der Waals surface area (Å²) >= 11 is 0. The molecule has 0 fully saturated rings. The minimum Gasteiger partial charge on any atom is -0.504 e. The molecular weight excluding hydrogens is 298 g/mol. The predicted molar refractivity (Wildman–Crippen MR) is 87.3 cm³/mol. The van der Waals surface area contributed by atoms with Crippen LogP contribution in [0.1, 0.15) is 15.9 Å². The Morgan fingerprint density at radius 2 is 1.65 bits per heavy atom. The molecule has 4 N–H and O–H groups in total. The lowest BCUT2D eigenvalue weighted by atomic mass is 10.2. The molecule has 2 aromatic carbocycles. The van der Waals surface area contributed by atoms with E-state index >= 15 is 0 Å². The minimum atomic E-state index is -0.675. The Kier molecular flexibility index (Phi) is 4.70. The fourth-order valence-electron chi connectivity index (χ4n) is 1.82. The van der Waals surface area contributed by atoms with Crippen molar-refractivity contribution in [1.82, 2.24) is 5.43 Å². The molecule has 0 saturated heterocycles. The summed E-state index contributed by atoms with van der Waals surface area (Å²) in [4.78, 5) is 13.8. The highest BCUT2D eigenvalue weighted by Gasteiger charge is 2.12. The SMILES string of the molecule is CN(C)c1ccc(C=NNC(=O)c2cc(O)c(O)c(O)c2)cc1. The van der Waals surface area contributed by atoms with Gasteiger partial charge in [-0.05, 0) is 29.8 Å². The topological polar surface area (TPSA) is 105 Å². The largest absolute Gasteiger partial charge is 0.504 e. The van der Waals surface area contributed by atoms with E-state index in [0.717, 1.165) is 23.4 Å². The molecule has 0 saturated carbocycles. The number of phenols is 3. The third-order valence-corrected chi connectivity index (χ3v) is 3.12. The van der Waals surface area contributed by atoms with Gasteiger partial charge in [0.2, 0.25) is 0 Å². The second-order valence-electron chi connectivity index (χ2n) is 5.05. The number of aromatic hydroxyl groups is 3. The predicted octanol–water partition coefficient (Wildman–Crippen LogP) is 1.63. The number of nitrogens with zero attached hydrogens (tertiary/aromatic N) is 2. The summed E-state index contributed by atoms with van der Waals surface area (Å²) in [6.07, 6.45) is 1.47. The quantitative estimate of drug-likeness (QED) is 0.390. The van der Waals surface area contributed by atoms with Gasteiger partial charge in [-0.2, -0.15) is 5.10 Å². The molecule has 0 spiro atoms. The zero-order valence-corrected chi connectivity index (χ0v) is 12.7. The van der Waals surface area contributed by atoms with Crippen LogP contribution in [0.2, 0.25) is 0 Å². The Balaban J connectivity index is 2.04. The summed E-state index contributed by atoms with van der Waals surface area (Å²) in [6.45, 7) is 0. The number of carbonyl (C=O) groups excluding carboxylic acids is 1. The van der Waals surface area contributed by atoms with Crippen molar-refractivity contribution in [2.45, 2.75) is 0 Å². The average Bonchev–Trinajstić information content (AvgIpc) is 2.52. The van der Waals surface area contributed by atoms with Gasteiger partial charge in [0.25, 0.3) is 5.91 Å². The van der Waals surface area contributed by atoms with Crippen LogP contribution < -0.4 is 10.3 Å². The van der Waals surface area contributed by atoms with Gasteiger partial charge in [-0.15, -0.1) is 0 Å². The molecule has 7 heteroatoms. The standard InChI is InChI=1S/C16H17N3O4/c1-19(2)12-5-3-10(4-6-12)9-17-18-16(23)11-7-13(20)15(22)14(21)8-11/h3-9,20-22H,1-2H3,(H,18,23). The molecule has 0 bridgehead atoms. The lowest BCUT2D eigenvalue weighted by Gasteiger charge is -2.11. The molecule has 0 aliphatic heterocycles. The van der Waals surface area contributed by atoms with Crippen molar-refractivity contribution in [3.63, 3.8) is 0 Å². The van der Waals surface area contributed by atoms with E-state index in [1.165, 1.54) is 6.21 Å². The van der Waals surface area contributed by atoms with E-state index in [1.54, 1.807) is 0 Å². The molecule has 23 heavy (non-hydrogen) atoms. The molecule has 0 aliphatic carbocycles. The fraction of sp³-hybridized carbons (Fsp3) is 0.125. The molecule has 0 radical (unpaired) electrons. The van der Waals surface area contributed by atoms with Crippen molar-refractivity contribution in [3.05, 3.63) is 47.5 Å². The molecule has 0 unspecified atom stereocenters. The number of phenolic OH excluding ortho intramolecular Hbond substituents is 3. The number of carbonyl (C=O) groups is 1. The molecule has 0 atom stereocenters. The van der Waals surface area contributed by atoms with Crippen LogP contribution in [-0.2, 0) is 0 Å². The maximum Gasteiger partial charge on any atom is 0.271 e. The number of hydrazone groups is 1. The van der Waals surface area contributed by atoms with Gasteiger partial charge < -0.3 is 20.2 Å². The first-order valence-corrected chi connectivity index (χ1v) is 6.74. The fourth-order valence-corrected chi connectivity index (χ4v) is 1.82. The molecule has 1 amide bonds. The summed E-state index contributed by atoms with van der Waals surface area (Å²) in [5, 5.41) is 31.8. The van der Waals surface area contributed by atoms with E-state index in [2.05, 4.69) is 10.5 Å². The molecular formula is C16H17N3O4. The summed E-state index contributed by atoms with van der Waals surface area (Å²) in [7, 11) is 3.87. The van der Waals surface area contributed by atoms with Crippen LogP contribution in [-0.4, -0.2) is 41.5 Å². The summed E-state index contributed by atoms with van der Waals surface area (Å²) < 4.78 is 0. The molecule has 0 aliphatic rings. The van der Waals surface area contributed by atoms with Crippen LogP contribution in [0, 0.1) is 0 Å². The van der Waals surface area contributed by atoms with E-state index < -0.39 is 23.2 Å². The number of nitrogens with one attached hydrogen (secondary N) is 1. The van der Waals surface area contributed by atoms with Gasteiger partial charge >= 0.3 is 0 Å². The number of amides is 1. The van der Waals surface area contributed by atoms with Crippen molar-refractivity contribution in [2.24, 2.45) is 5.10 Å². The first-order valence-electron chi connectivity index (χ1n) is 6.74. The first kappa shape index (κ1) is 16.2. The van der Waals surface area contributed by atoms with E-state index in [9.17, 15) is 20.1 Å². The zero-order valence-electron chi connectivity index (χ0n) is 12.7. The van der Waals surface area contributed by atoms with Crippen LogP contribution in [0.15, 0.2) is 41.5 Å². The number of hydrogen-bond donors (Lipinski definition) is 4. The monoisotopic (exact) mass is 315 g/mol. The van der Waals surface area contributed by atoms with Gasteiger partial charge in [-0.1, -0.05) is 12.1 Å². The van der Waals surface area contributed by atoms with Crippen molar-refractivity contribution in [2.75, 3.05) is 19.0 Å². The van der Waals surface area contributed by atoms with E-state index in [1.807, 2.05) is 43.3 Å². The Hall–Kier alpha value is -3.22. The average molecular weight is 315 g/mol. The van der Waals surface area contributed by atoms with Crippen molar-refractivity contribution in [3.8, 4) is 17.2 Å². The minimum absolute atomic E-state index is 0.0297. The van der Waals surface area contributed by atoms with E-state index in [4.69, 9.17) is 0 Å². The summed E-state index contributed by atoms with van der Waals surface area (Å²) in [5.41, 5.74) is 4.09. The van der Waals surface area contributed by atoms with Gasteiger partial charge in [0.05, 0.1) is 6.21 Å². The summed E-state index contributed by atoms with van der Waals surface area (Å²) in [5.74, 6) is -2.47. The van der Waals surface area contributed by atoms with Gasteiger partial charge in [0.1, 0.15) is 0 Å². The van der Waals surface area contributed by atoms with Crippen LogP contribution in [0.3, 0.4) is 0 Å². The lowest BCUT2D eigenvalue weighted by Crippen LogP contribution is -2.17. The Morgan fingerprint density at radius 3 is 2.17 bits per heavy atom. The first-order chi connectivity index (χ1) is 10.9. The van der Waals surface area contributed by atoms with Crippen molar-refractivity contribution < 1.29 is 20.1 Å². The molecule has 7 nitrogen and oxygen atoms in total. The van der Waals surface area contributed by atoms with Crippen LogP contribution in [0.5, 0.6) is 17.2 Å². The van der Waals surface area contributed by atoms with Crippen molar-refractivity contribution in [1.29, 1.82) is 0 Å². The maximum absolute atomic E-state index is 11.9. The molecule has 120 valence electrons. The third kappa shape index (κ3) is 3.91. The Morgan fingerprint density at radius 1 is 1.09 bits per heavy atom. The second-order valence-corrected chi connectivity index (χ2v) is 5.05. The third-order valence-electron chi connectivity index (χ3n) is 3.12. The Bertz CT molecular complexity index is 716. The maximum atomic E-state index is 11.9. The Labute approximate surface area is 133 Å². The van der Waals surface area contributed by atoms with Gasteiger partial charge in [0.15, 0.2) is 17.2 Å². The van der Waals surface area contributed by atoms with Crippen molar-refractivity contribution >= 4 is 17.8 Å². The van der Waals surface area contributed by atoms with E-state index in [-0.39, 0.29) is 5.56 Å². The molecule has 2 aromatic rings. The lowest BCUT2D eigenvalue weighted by molar-refractivity contribution is 0.0954. The van der Waals surface area contributed by atoms with Gasteiger partial charge in [0, 0.05) is 25.3 Å². The highest BCUT2D eigenvalue weighted by molar-refractivity contribution is 5.96. The number of benzene rings is 2. The van der Waals surface area contributed by atoms with Crippen LogP contribution in [0.25, 0.3) is 0 Å². The summed E-state index contributed by atoms with van der Waals surface area (Å²) in [6, 6.07) is 9.60. The highest BCUT2D eigenvalue weighted by Crippen LogP contribution is 2.35.